The van der Waals surface area contributed by atoms with E-state index >= 15 is 0 Å². The Bertz CT molecular complexity index is 754. The molecular weight excluding hydrogens is 353 g/mol. The molecule has 2 aromatic rings. The number of aromatic nitrogens is 1. The summed E-state index contributed by atoms with van der Waals surface area (Å²) in [5, 5.41) is 7.84. The van der Waals surface area contributed by atoms with Gasteiger partial charge in [0.05, 0.1) is 12.1 Å². The van der Waals surface area contributed by atoms with Crippen molar-refractivity contribution in [3.63, 3.8) is 0 Å². The number of halogens is 1. The lowest BCUT2D eigenvalue weighted by Gasteiger charge is -2.21. The third-order valence-electron chi connectivity index (χ3n) is 4.53. The third kappa shape index (κ3) is 5.36. The maximum atomic E-state index is 12.9. The number of hydrogen-bond donors (Lipinski definition) is 2. The zero-order chi connectivity index (χ0) is 18.4. The van der Waals surface area contributed by atoms with Crippen molar-refractivity contribution in [3.05, 3.63) is 46.7 Å². The second-order valence-electron chi connectivity index (χ2n) is 6.59. The van der Waals surface area contributed by atoms with Crippen LogP contribution in [-0.4, -0.2) is 23.3 Å². The fourth-order valence-electron chi connectivity index (χ4n) is 3.09. The first-order valence-corrected chi connectivity index (χ1v) is 9.76. The molecule has 1 aliphatic carbocycles. The number of benzene rings is 1. The number of anilines is 1. The second-order valence-corrected chi connectivity index (χ2v) is 7.45. The highest BCUT2D eigenvalue weighted by molar-refractivity contribution is 7.14. The number of nitrogens with zero attached hydrogens (tertiary/aromatic N) is 1. The van der Waals surface area contributed by atoms with Crippen molar-refractivity contribution in [2.45, 2.75) is 38.5 Å². The quantitative estimate of drug-likeness (QED) is 0.807. The van der Waals surface area contributed by atoms with Gasteiger partial charge in [0.2, 0.25) is 5.91 Å². The van der Waals surface area contributed by atoms with Crippen molar-refractivity contribution >= 4 is 28.3 Å². The molecule has 138 valence electrons. The van der Waals surface area contributed by atoms with Crippen LogP contribution < -0.4 is 10.6 Å². The number of thiazole rings is 1. The Morgan fingerprint density at radius 3 is 2.62 bits per heavy atom. The van der Waals surface area contributed by atoms with Crippen LogP contribution in [0.3, 0.4) is 0 Å². The molecule has 1 fully saturated rings. The van der Waals surface area contributed by atoms with Crippen molar-refractivity contribution in [2.24, 2.45) is 5.92 Å². The van der Waals surface area contributed by atoms with Crippen molar-refractivity contribution in [2.75, 3.05) is 11.9 Å². The monoisotopic (exact) mass is 375 g/mol. The lowest BCUT2D eigenvalue weighted by Crippen LogP contribution is -2.31. The van der Waals surface area contributed by atoms with Crippen molar-refractivity contribution in [3.8, 4) is 0 Å². The van der Waals surface area contributed by atoms with E-state index < -0.39 is 5.82 Å². The van der Waals surface area contributed by atoms with E-state index in [1.165, 1.54) is 67.7 Å². The molecule has 1 aliphatic rings. The van der Waals surface area contributed by atoms with Crippen LogP contribution in [0.5, 0.6) is 0 Å². The van der Waals surface area contributed by atoms with E-state index in [4.69, 9.17) is 0 Å². The van der Waals surface area contributed by atoms with E-state index in [0.717, 1.165) is 6.54 Å². The van der Waals surface area contributed by atoms with Gasteiger partial charge in [-0.15, -0.1) is 11.3 Å². The van der Waals surface area contributed by atoms with Crippen LogP contribution in [0, 0.1) is 11.7 Å². The summed E-state index contributed by atoms with van der Waals surface area (Å²) in [5.41, 5.74) is 0.985. The molecule has 26 heavy (non-hydrogen) atoms. The maximum Gasteiger partial charge on any atom is 0.257 e. The number of carbonyl (C=O) groups excluding carboxylic acids is 2. The summed E-state index contributed by atoms with van der Waals surface area (Å²) in [6.45, 7) is 0.733. The van der Waals surface area contributed by atoms with Gasteiger partial charge in [0.1, 0.15) is 5.82 Å². The summed E-state index contributed by atoms with van der Waals surface area (Å²) in [7, 11) is 0. The molecule has 2 N–H and O–H groups in total. The summed E-state index contributed by atoms with van der Waals surface area (Å²) < 4.78 is 12.9. The Morgan fingerprint density at radius 1 is 1.15 bits per heavy atom. The first kappa shape index (κ1) is 18.5. The summed E-state index contributed by atoms with van der Waals surface area (Å²) in [6.07, 6.45) is 6.39. The molecule has 0 saturated heterocycles. The fourth-order valence-corrected chi connectivity index (χ4v) is 3.80. The van der Waals surface area contributed by atoms with Crippen molar-refractivity contribution in [1.29, 1.82) is 0 Å². The van der Waals surface area contributed by atoms with E-state index in [-0.39, 0.29) is 18.2 Å². The average Bonchev–Trinajstić information content (AvgIpc) is 3.08. The highest BCUT2D eigenvalue weighted by Crippen LogP contribution is 2.23. The molecule has 3 rings (SSSR count). The fraction of sp³-hybridized carbons (Fsp3) is 0.421. The Kier molecular flexibility index (Phi) is 6.33. The summed E-state index contributed by atoms with van der Waals surface area (Å²) in [5.74, 6) is -0.198. The molecule has 1 saturated carbocycles. The van der Waals surface area contributed by atoms with E-state index in [9.17, 15) is 14.0 Å². The SMILES string of the molecule is O=C(Cc1csc(NC(=O)c2ccc(F)cc2)n1)NCC1CCCCC1. The molecule has 0 spiro atoms. The van der Waals surface area contributed by atoms with Crippen LogP contribution in [0.2, 0.25) is 0 Å². The van der Waals surface area contributed by atoms with Crippen LogP contribution >= 0.6 is 11.3 Å². The molecule has 0 bridgehead atoms. The lowest BCUT2D eigenvalue weighted by molar-refractivity contribution is -0.120. The molecule has 5 nitrogen and oxygen atoms in total. The highest BCUT2D eigenvalue weighted by Gasteiger charge is 2.15. The predicted molar refractivity (Wildman–Crippen MR) is 99.8 cm³/mol. The zero-order valence-corrected chi connectivity index (χ0v) is 15.3. The van der Waals surface area contributed by atoms with Crippen LogP contribution in [0.25, 0.3) is 0 Å². The highest BCUT2D eigenvalue weighted by atomic mass is 32.1. The van der Waals surface area contributed by atoms with E-state index in [1.807, 2.05) is 0 Å². The number of amides is 2. The Hall–Kier alpha value is -2.28. The van der Waals surface area contributed by atoms with Crippen LogP contribution in [-0.2, 0) is 11.2 Å². The summed E-state index contributed by atoms with van der Waals surface area (Å²) in [4.78, 5) is 28.4. The van der Waals surface area contributed by atoms with Gasteiger partial charge in [0, 0.05) is 17.5 Å². The van der Waals surface area contributed by atoms with Crippen LogP contribution in [0.4, 0.5) is 9.52 Å². The lowest BCUT2D eigenvalue weighted by atomic mass is 9.89. The van der Waals surface area contributed by atoms with Gasteiger partial charge in [-0.1, -0.05) is 19.3 Å². The molecule has 0 atom stereocenters. The van der Waals surface area contributed by atoms with Gasteiger partial charge in [-0.3, -0.25) is 14.9 Å². The van der Waals surface area contributed by atoms with Gasteiger partial charge in [0.25, 0.3) is 5.91 Å². The van der Waals surface area contributed by atoms with Gasteiger partial charge < -0.3 is 5.32 Å². The first-order chi connectivity index (χ1) is 12.6. The van der Waals surface area contributed by atoms with Gasteiger partial charge in [0.15, 0.2) is 5.13 Å². The molecule has 0 aliphatic heterocycles. The Labute approximate surface area is 156 Å². The molecular formula is C19H22FN3O2S. The van der Waals surface area contributed by atoms with Gasteiger partial charge in [-0.05, 0) is 43.0 Å². The predicted octanol–water partition coefficient (Wildman–Crippen LogP) is 3.77. The van der Waals surface area contributed by atoms with Gasteiger partial charge in [-0.25, -0.2) is 9.37 Å². The molecule has 1 aromatic heterocycles. The summed E-state index contributed by atoms with van der Waals surface area (Å²) >= 11 is 1.27. The molecule has 1 aromatic carbocycles. The minimum absolute atomic E-state index is 0.0442. The van der Waals surface area contributed by atoms with Crippen LogP contribution in [0.1, 0.15) is 48.2 Å². The Balaban J connectivity index is 1.47. The molecule has 2 amide bonds. The number of carbonyl (C=O) groups is 2. The number of nitrogens with one attached hydrogen (secondary N) is 2. The largest absolute Gasteiger partial charge is 0.355 e. The number of hydrogen-bond acceptors (Lipinski definition) is 4. The average molecular weight is 375 g/mol. The van der Waals surface area contributed by atoms with Gasteiger partial charge in [-0.2, -0.15) is 0 Å². The summed E-state index contributed by atoms with van der Waals surface area (Å²) in [6, 6.07) is 5.30. The standard InChI is InChI=1S/C19H22FN3O2S/c20-15-8-6-14(7-9-15)18(25)23-19-22-16(12-26-19)10-17(24)21-11-13-4-2-1-3-5-13/h6-9,12-13H,1-5,10-11H2,(H,21,24)(H,22,23,25). The van der Waals surface area contributed by atoms with E-state index in [1.54, 1.807) is 5.38 Å². The molecule has 0 radical (unpaired) electrons. The van der Waals surface area contributed by atoms with Gasteiger partial charge >= 0.3 is 0 Å². The van der Waals surface area contributed by atoms with E-state index in [2.05, 4.69) is 15.6 Å². The molecule has 0 unspecified atom stereocenters. The first-order valence-electron chi connectivity index (χ1n) is 8.88. The van der Waals surface area contributed by atoms with Crippen molar-refractivity contribution in [1.82, 2.24) is 10.3 Å². The van der Waals surface area contributed by atoms with E-state index in [0.29, 0.717) is 22.3 Å². The normalized spacial score (nSPS) is 14.8. The zero-order valence-electron chi connectivity index (χ0n) is 14.5. The van der Waals surface area contributed by atoms with Crippen LogP contribution in [0.15, 0.2) is 29.6 Å². The molecule has 7 heteroatoms. The smallest absolute Gasteiger partial charge is 0.257 e. The third-order valence-corrected chi connectivity index (χ3v) is 5.34. The van der Waals surface area contributed by atoms with Crippen molar-refractivity contribution < 1.29 is 14.0 Å². The number of rotatable bonds is 6. The maximum absolute atomic E-state index is 12.9. The minimum atomic E-state index is -0.391. The minimum Gasteiger partial charge on any atom is -0.355 e. The second kappa shape index (κ2) is 8.89. The topological polar surface area (TPSA) is 71.1 Å². The Morgan fingerprint density at radius 2 is 1.88 bits per heavy atom. The molecule has 1 heterocycles.